The van der Waals surface area contributed by atoms with Crippen LogP contribution in [0.5, 0.6) is 0 Å². The lowest BCUT2D eigenvalue weighted by Gasteiger charge is -1.93. The number of nitrogens with zero attached hydrogens (tertiary/aromatic N) is 1. The van der Waals surface area contributed by atoms with Gasteiger partial charge in [-0.2, -0.15) is 0 Å². The Balaban J connectivity index is 2.17. The van der Waals surface area contributed by atoms with Gasteiger partial charge in [0.25, 0.3) is 0 Å². The Morgan fingerprint density at radius 3 is 2.89 bits per heavy atom. The first-order valence-corrected chi connectivity index (χ1v) is 6.02. The van der Waals surface area contributed by atoms with Crippen LogP contribution in [0.2, 0.25) is 5.02 Å². The Morgan fingerprint density at radius 1 is 1.39 bits per heavy atom. The van der Waals surface area contributed by atoms with Crippen LogP contribution in [0.25, 0.3) is 10.2 Å². The van der Waals surface area contributed by atoms with E-state index in [4.69, 9.17) is 16.7 Å². The first-order valence-electron chi connectivity index (χ1n) is 4.83. The largest absolute Gasteiger partial charge is 0.478 e. The van der Waals surface area contributed by atoms with E-state index < -0.39 is 11.9 Å². The average Bonchev–Trinajstić information content (AvgIpc) is 2.67. The summed E-state index contributed by atoms with van der Waals surface area (Å²) >= 11 is 7.10. The number of thiazole rings is 1. The van der Waals surface area contributed by atoms with E-state index in [9.17, 15) is 9.59 Å². The fraction of sp³-hybridized carbons (Fsp3) is 0. The highest BCUT2D eigenvalue weighted by molar-refractivity contribution is 7.22. The first-order chi connectivity index (χ1) is 8.54. The standard InChI is InChI=1S/C11H7ClN2O3S/c12-6-1-2-8-7(5-6)13-11(18-8)14-9(15)3-4-10(16)17/h1-5H,(H,16,17)(H,13,14,15)/b4-3+. The minimum atomic E-state index is -1.18. The highest BCUT2D eigenvalue weighted by Gasteiger charge is 2.06. The molecular weight excluding hydrogens is 276 g/mol. The second kappa shape index (κ2) is 5.16. The third kappa shape index (κ3) is 3.06. The van der Waals surface area contributed by atoms with Gasteiger partial charge in [0, 0.05) is 17.2 Å². The van der Waals surface area contributed by atoms with Crippen molar-refractivity contribution in [3.05, 3.63) is 35.4 Å². The molecule has 2 aromatic rings. The molecule has 0 aliphatic heterocycles. The second-order valence-electron chi connectivity index (χ2n) is 3.29. The van der Waals surface area contributed by atoms with E-state index in [2.05, 4.69) is 10.3 Å². The molecule has 2 N–H and O–H groups in total. The number of carboxylic acid groups (broad SMARTS) is 1. The maximum Gasteiger partial charge on any atom is 0.328 e. The van der Waals surface area contributed by atoms with Crippen LogP contribution in [0.15, 0.2) is 30.4 Å². The topological polar surface area (TPSA) is 79.3 Å². The van der Waals surface area contributed by atoms with Crippen LogP contribution in [-0.4, -0.2) is 22.0 Å². The summed E-state index contributed by atoms with van der Waals surface area (Å²) in [5, 5.41) is 11.8. The summed E-state index contributed by atoms with van der Waals surface area (Å²) in [7, 11) is 0. The van der Waals surface area contributed by atoms with E-state index in [-0.39, 0.29) is 0 Å². The number of hydrogen-bond donors (Lipinski definition) is 2. The van der Waals surface area contributed by atoms with Crippen molar-refractivity contribution >= 4 is 50.2 Å². The Bertz CT molecular complexity index is 651. The van der Waals surface area contributed by atoms with Crippen molar-refractivity contribution in [2.45, 2.75) is 0 Å². The third-order valence-electron chi connectivity index (χ3n) is 1.96. The van der Waals surface area contributed by atoms with E-state index in [1.165, 1.54) is 11.3 Å². The van der Waals surface area contributed by atoms with Crippen LogP contribution >= 0.6 is 22.9 Å². The van der Waals surface area contributed by atoms with Crippen molar-refractivity contribution in [1.29, 1.82) is 0 Å². The van der Waals surface area contributed by atoms with Crippen molar-refractivity contribution in [1.82, 2.24) is 4.98 Å². The van der Waals surface area contributed by atoms with E-state index in [1.54, 1.807) is 18.2 Å². The van der Waals surface area contributed by atoms with Crippen molar-refractivity contribution in [2.75, 3.05) is 5.32 Å². The number of hydrogen-bond acceptors (Lipinski definition) is 4. The fourth-order valence-corrected chi connectivity index (χ4v) is 2.26. The van der Waals surface area contributed by atoms with E-state index in [0.717, 1.165) is 16.9 Å². The Kier molecular flexibility index (Phi) is 3.59. The maximum atomic E-state index is 11.3. The van der Waals surface area contributed by atoms with E-state index in [1.807, 2.05) is 0 Å². The van der Waals surface area contributed by atoms with Gasteiger partial charge in [-0.15, -0.1) is 0 Å². The number of anilines is 1. The number of rotatable bonds is 3. The zero-order valence-electron chi connectivity index (χ0n) is 8.88. The molecule has 2 rings (SSSR count). The van der Waals surface area contributed by atoms with Gasteiger partial charge in [0.2, 0.25) is 5.91 Å². The number of aromatic nitrogens is 1. The molecule has 1 aromatic carbocycles. The molecule has 0 radical (unpaired) electrons. The molecule has 18 heavy (non-hydrogen) atoms. The summed E-state index contributed by atoms with van der Waals surface area (Å²) in [5.41, 5.74) is 0.685. The molecule has 1 amide bonds. The minimum Gasteiger partial charge on any atom is -0.478 e. The summed E-state index contributed by atoms with van der Waals surface area (Å²) in [4.78, 5) is 25.7. The van der Waals surface area contributed by atoms with Gasteiger partial charge >= 0.3 is 5.97 Å². The molecule has 0 fully saturated rings. The molecule has 92 valence electrons. The Hall–Kier alpha value is -1.92. The fourth-order valence-electron chi connectivity index (χ4n) is 1.25. The number of carbonyl (C=O) groups is 2. The van der Waals surface area contributed by atoms with Gasteiger partial charge in [-0.3, -0.25) is 10.1 Å². The SMILES string of the molecule is O=C(O)/C=C/C(=O)Nc1nc2cc(Cl)ccc2s1. The molecule has 7 heteroatoms. The monoisotopic (exact) mass is 282 g/mol. The van der Waals surface area contributed by atoms with E-state index >= 15 is 0 Å². The van der Waals surface area contributed by atoms with Gasteiger partial charge in [-0.25, -0.2) is 9.78 Å². The van der Waals surface area contributed by atoms with Crippen LogP contribution in [0.4, 0.5) is 5.13 Å². The third-order valence-corrected chi connectivity index (χ3v) is 3.14. The minimum absolute atomic E-state index is 0.396. The van der Waals surface area contributed by atoms with Crippen molar-refractivity contribution < 1.29 is 14.7 Å². The summed E-state index contributed by atoms with van der Waals surface area (Å²) in [6.07, 6.45) is 1.70. The smallest absolute Gasteiger partial charge is 0.328 e. The number of benzene rings is 1. The number of nitrogens with one attached hydrogen (secondary N) is 1. The normalized spacial score (nSPS) is 10.9. The van der Waals surface area contributed by atoms with Crippen LogP contribution in [0.1, 0.15) is 0 Å². The lowest BCUT2D eigenvalue weighted by Crippen LogP contribution is -2.08. The van der Waals surface area contributed by atoms with Crippen LogP contribution < -0.4 is 5.32 Å². The highest BCUT2D eigenvalue weighted by Crippen LogP contribution is 2.27. The molecule has 1 heterocycles. The van der Waals surface area contributed by atoms with Crippen LogP contribution in [0, 0.1) is 0 Å². The summed E-state index contributed by atoms with van der Waals surface area (Å²) in [6.45, 7) is 0. The highest BCUT2D eigenvalue weighted by atomic mass is 35.5. The zero-order valence-corrected chi connectivity index (χ0v) is 10.5. The molecule has 5 nitrogen and oxygen atoms in total. The van der Waals surface area contributed by atoms with Crippen molar-refractivity contribution in [3.63, 3.8) is 0 Å². The van der Waals surface area contributed by atoms with Gasteiger partial charge in [-0.05, 0) is 18.2 Å². The zero-order chi connectivity index (χ0) is 13.1. The number of carbonyl (C=O) groups excluding carboxylic acids is 1. The predicted octanol–water partition coefficient (Wildman–Crippen LogP) is 2.53. The lowest BCUT2D eigenvalue weighted by molar-refractivity contribution is -0.131. The second-order valence-corrected chi connectivity index (χ2v) is 4.76. The molecule has 0 saturated carbocycles. The number of carboxylic acids is 1. The molecule has 0 spiro atoms. The van der Waals surface area contributed by atoms with Crippen molar-refractivity contribution in [2.24, 2.45) is 0 Å². The molecule has 0 atom stereocenters. The summed E-state index contributed by atoms with van der Waals surface area (Å²) in [5.74, 6) is -1.72. The van der Waals surface area contributed by atoms with Gasteiger partial charge in [0.05, 0.1) is 10.2 Å². The number of amides is 1. The molecule has 0 unspecified atom stereocenters. The number of halogens is 1. The predicted molar refractivity (Wildman–Crippen MR) is 70.0 cm³/mol. The Labute approximate surface area is 111 Å². The lowest BCUT2D eigenvalue weighted by atomic mass is 10.3. The number of fused-ring (bicyclic) bond motifs is 1. The molecule has 0 bridgehead atoms. The molecular formula is C11H7ClN2O3S. The maximum absolute atomic E-state index is 11.3. The summed E-state index contributed by atoms with van der Waals surface area (Å²) in [6, 6.07) is 5.23. The first kappa shape index (κ1) is 12.5. The molecule has 1 aromatic heterocycles. The van der Waals surface area contributed by atoms with Gasteiger partial charge < -0.3 is 5.11 Å². The summed E-state index contributed by atoms with van der Waals surface area (Å²) < 4.78 is 0.886. The van der Waals surface area contributed by atoms with Crippen molar-refractivity contribution in [3.8, 4) is 0 Å². The quantitative estimate of drug-likeness (QED) is 0.848. The Morgan fingerprint density at radius 2 is 2.17 bits per heavy atom. The van der Waals surface area contributed by atoms with Gasteiger partial charge in [-0.1, -0.05) is 22.9 Å². The van der Waals surface area contributed by atoms with E-state index in [0.29, 0.717) is 15.7 Å². The number of aliphatic carboxylic acids is 1. The molecule has 0 saturated heterocycles. The van der Waals surface area contributed by atoms with Gasteiger partial charge in [0.15, 0.2) is 5.13 Å². The van der Waals surface area contributed by atoms with Crippen LogP contribution in [0.3, 0.4) is 0 Å². The average molecular weight is 283 g/mol. The van der Waals surface area contributed by atoms with Gasteiger partial charge in [0.1, 0.15) is 0 Å². The molecule has 0 aliphatic rings. The molecule has 0 aliphatic carbocycles. The van der Waals surface area contributed by atoms with Crippen LogP contribution in [-0.2, 0) is 9.59 Å².